The number of thioether (sulfide) groups is 1. The van der Waals surface area contributed by atoms with Crippen LogP contribution in [0, 0.1) is 0 Å². The second-order valence-corrected chi connectivity index (χ2v) is 11.3. The van der Waals surface area contributed by atoms with Crippen molar-refractivity contribution in [3.8, 4) is 17.0 Å². The van der Waals surface area contributed by atoms with Crippen molar-refractivity contribution in [3.63, 3.8) is 0 Å². The minimum Gasteiger partial charge on any atom is -0.495 e. The summed E-state index contributed by atoms with van der Waals surface area (Å²) in [5.74, 6) is 0.00221. The molecule has 4 rings (SSSR count). The fourth-order valence-electron chi connectivity index (χ4n) is 3.26. The van der Waals surface area contributed by atoms with Gasteiger partial charge in [-0.15, -0.1) is 0 Å². The van der Waals surface area contributed by atoms with Gasteiger partial charge < -0.3 is 10.1 Å². The molecule has 1 heterocycles. The summed E-state index contributed by atoms with van der Waals surface area (Å²) in [7, 11) is -2.51. The van der Waals surface area contributed by atoms with Crippen LogP contribution >= 0.6 is 39.3 Å². The van der Waals surface area contributed by atoms with E-state index in [0.29, 0.717) is 27.7 Å². The first-order valence-electron chi connectivity index (χ1n) is 10.2. The highest BCUT2D eigenvalue weighted by molar-refractivity contribution is 9.10. The van der Waals surface area contributed by atoms with Gasteiger partial charge in [0, 0.05) is 15.1 Å². The molecule has 0 aliphatic rings. The van der Waals surface area contributed by atoms with Crippen LogP contribution in [-0.2, 0) is 14.8 Å². The number of carbonyl (C=O) groups excluding carboxylic acids is 1. The molecule has 35 heavy (non-hydrogen) atoms. The number of imidazole rings is 1. The first-order valence-corrected chi connectivity index (χ1v) is 13.8. The first-order chi connectivity index (χ1) is 16.8. The molecule has 3 aromatic carbocycles. The zero-order valence-electron chi connectivity index (χ0n) is 18.3. The van der Waals surface area contributed by atoms with Crippen molar-refractivity contribution in [2.75, 3.05) is 18.2 Å². The van der Waals surface area contributed by atoms with Gasteiger partial charge in [-0.2, -0.15) is 0 Å². The van der Waals surface area contributed by atoms with Crippen LogP contribution in [0.2, 0.25) is 5.02 Å². The average Bonchev–Trinajstić information content (AvgIpc) is 3.29. The number of amides is 1. The van der Waals surface area contributed by atoms with Gasteiger partial charge in [0.05, 0.1) is 35.3 Å². The molecular formula is C24H19BrClN3O4S2. The molecule has 1 amide bonds. The van der Waals surface area contributed by atoms with Gasteiger partial charge in [-0.25, -0.2) is 17.4 Å². The second-order valence-electron chi connectivity index (χ2n) is 7.20. The quantitative estimate of drug-likeness (QED) is 0.255. The number of rotatable bonds is 8. The Kier molecular flexibility index (Phi) is 7.85. The number of halogens is 2. The number of ether oxygens (including phenoxy) is 1. The van der Waals surface area contributed by atoms with Gasteiger partial charge in [-0.05, 0) is 42.5 Å². The van der Waals surface area contributed by atoms with E-state index in [1.54, 1.807) is 42.5 Å². The van der Waals surface area contributed by atoms with Crippen LogP contribution in [0.15, 0.2) is 93.5 Å². The van der Waals surface area contributed by atoms with Crippen LogP contribution in [0.5, 0.6) is 5.75 Å². The van der Waals surface area contributed by atoms with Crippen molar-refractivity contribution < 1.29 is 17.9 Å². The maximum Gasteiger partial charge on any atom is 0.270 e. The van der Waals surface area contributed by atoms with Crippen LogP contribution < -0.4 is 10.1 Å². The van der Waals surface area contributed by atoms with Crippen LogP contribution in [-0.4, -0.2) is 36.1 Å². The topological polar surface area (TPSA) is 90.3 Å². The molecule has 0 unspecified atom stereocenters. The van der Waals surface area contributed by atoms with Gasteiger partial charge >= 0.3 is 0 Å². The summed E-state index contributed by atoms with van der Waals surface area (Å²) in [6.45, 7) is 0. The van der Waals surface area contributed by atoms with Crippen molar-refractivity contribution in [3.05, 3.63) is 88.5 Å². The smallest absolute Gasteiger partial charge is 0.270 e. The number of aromatic nitrogens is 2. The second kappa shape index (κ2) is 10.9. The molecular weight excluding hydrogens is 574 g/mol. The Balaban J connectivity index is 1.66. The summed E-state index contributed by atoms with van der Waals surface area (Å²) in [5, 5.41) is 3.35. The molecule has 0 bridgehead atoms. The van der Waals surface area contributed by atoms with Crippen molar-refractivity contribution in [1.29, 1.82) is 0 Å². The van der Waals surface area contributed by atoms with Gasteiger partial charge in [-0.3, -0.25) is 4.79 Å². The molecule has 4 aromatic rings. The van der Waals surface area contributed by atoms with E-state index in [-0.39, 0.29) is 21.7 Å². The largest absolute Gasteiger partial charge is 0.495 e. The number of benzene rings is 3. The highest BCUT2D eigenvalue weighted by Crippen LogP contribution is 2.32. The maximum atomic E-state index is 13.6. The zero-order valence-corrected chi connectivity index (χ0v) is 22.3. The molecule has 0 aliphatic carbocycles. The van der Waals surface area contributed by atoms with Crippen molar-refractivity contribution in [1.82, 2.24) is 8.96 Å². The fraction of sp³-hybridized carbons (Fsp3) is 0.0833. The standard InChI is InChI=1S/C24H19BrClN3O4S2/c1-33-22-12-9-18(26)13-20(22)28-23(30)15-34-24-27-14-21(16-5-3-2-4-6-16)29(24)35(31,32)19-10-7-17(25)8-11-19/h2-14H,15H2,1H3,(H,28,30). The van der Waals surface area contributed by atoms with Gasteiger partial charge in [0.2, 0.25) is 5.91 Å². The van der Waals surface area contributed by atoms with E-state index in [4.69, 9.17) is 16.3 Å². The van der Waals surface area contributed by atoms with Crippen molar-refractivity contribution >= 4 is 60.9 Å². The summed E-state index contributed by atoms with van der Waals surface area (Å²) >= 11 is 10.4. The predicted molar refractivity (Wildman–Crippen MR) is 142 cm³/mol. The Morgan fingerprint density at radius 1 is 1.11 bits per heavy atom. The van der Waals surface area contributed by atoms with Crippen LogP contribution in [0.25, 0.3) is 11.3 Å². The lowest BCUT2D eigenvalue weighted by atomic mass is 10.2. The summed E-state index contributed by atoms with van der Waals surface area (Å²) in [6.07, 6.45) is 1.49. The monoisotopic (exact) mass is 591 g/mol. The van der Waals surface area contributed by atoms with Gasteiger partial charge in [0.15, 0.2) is 5.16 Å². The van der Waals surface area contributed by atoms with Crippen LogP contribution in [0.4, 0.5) is 5.69 Å². The number of nitrogens with one attached hydrogen (secondary N) is 1. The van der Waals surface area contributed by atoms with Crippen molar-refractivity contribution in [2.24, 2.45) is 0 Å². The highest BCUT2D eigenvalue weighted by Gasteiger charge is 2.26. The zero-order chi connectivity index (χ0) is 25.0. The Labute approximate surface area is 220 Å². The third kappa shape index (κ3) is 5.72. The number of nitrogens with zero attached hydrogens (tertiary/aromatic N) is 2. The summed E-state index contributed by atoms with van der Waals surface area (Å²) in [6, 6.07) is 20.3. The van der Waals surface area contributed by atoms with E-state index in [0.717, 1.165) is 16.2 Å². The minimum absolute atomic E-state index is 0.0865. The summed E-state index contributed by atoms with van der Waals surface area (Å²) in [5.41, 5.74) is 1.50. The molecule has 0 saturated heterocycles. The van der Waals surface area contributed by atoms with E-state index in [1.165, 1.54) is 29.4 Å². The third-order valence-corrected chi connectivity index (χ3v) is 8.43. The Bertz CT molecular complexity index is 1460. The third-order valence-electron chi connectivity index (χ3n) is 4.88. The van der Waals surface area contributed by atoms with Gasteiger partial charge in [0.25, 0.3) is 10.0 Å². The summed E-state index contributed by atoms with van der Waals surface area (Å²) in [4.78, 5) is 17.1. The molecule has 0 atom stereocenters. The van der Waals surface area contributed by atoms with E-state index >= 15 is 0 Å². The Hall–Kier alpha value is -2.79. The molecule has 0 aliphatic heterocycles. The van der Waals surface area contributed by atoms with Crippen molar-refractivity contribution in [2.45, 2.75) is 10.1 Å². The first kappa shape index (κ1) is 25.3. The number of anilines is 1. The van der Waals surface area contributed by atoms with E-state index in [9.17, 15) is 13.2 Å². The SMILES string of the molecule is COc1ccc(Cl)cc1NC(=O)CSc1ncc(-c2ccccc2)n1S(=O)(=O)c1ccc(Br)cc1. The number of methoxy groups -OCH3 is 1. The lowest BCUT2D eigenvalue weighted by Gasteiger charge is -2.13. The lowest BCUT2D eigenvalue weighted by molar-refractivity contribution is -0.113. The molecule has 0 spiro atoms. The predicted octanol–water partition coefficient (Wildman–Crippen LogP) is 5.94. The molecule has 7 nitrogen and oxygen atoms in total. The number of carbonyl (C=O) groups is 1. The van der Waals surface area contributed by atoms with Crippen LogP contribution in [0.1, 0.15) is 0 Å². The van der Waals surface area contributed by atoms with E-state index in [1.807, 2.05) is 18.2 Å². The normalized spacial score (nSPS) is 11.3. The van der Waals surface area contributed by atoms with E-state index in [2.05, 4.69) is 26.2 Å². The molecule has 1 aromatic heterocycles. The minimum atomic E-state index is -4.00. The van der Waals surface area contributed by atoms with E-state index < -0.39 is 10.0 Å². The molecule has 1 N–H and O–H groups in total. The highest BCUT2D eigenvalue weighted by atomic mass is 79.9. The van der Waals surface area contributed by atoms with Gasteiger partial charge in [0.1, 0.15) is 5.75 Å². The maximum absolute atomic E-state index is 13.6. The Morgan fingerprint density at radius 3 is 2.51 bits per heavy atom. The Morgan fingerprint density at radius 2 is 1.83 bits per heavy atom. The van der Waals surface area contributed by atoms with Crippen LogP contribution in [0.3, 0.4) is 0 Å². The molecule has 0 fully saturated rings. The van der Waals surface area contributed by atoms with Gasteiger partial charge in [-0.1, -0.05) is 69.6 Å². The molecule has 180 valence electrons. The fourth-order valence-corrected chi connectivity index (χ4v) is 6.18. The molecule has 11 heteroatoms. The number of hydrogen-bond donors (Lipinski definition) is 1. The lowest BCUT2D eigenvalue weighted by Crippen LogP contribution is -2.18. The molecule has 0 radical (unpaired) electrons. The summed E-state index contributed by atoms with van der Waals surface area (Å²) < 4.78 is 34.5. The molecule has 0 saturated carbocycles. The average molecular weight is 593 g/mol. The number of hydrogen-bond acceptors (Lipinski definition) is 6.